The summed E-state index contributed by atoms with van der Waals surface area (Å²) in [6.45, 7) is 4.32. The van der Waals surface area contributed by atoms with Crippen molar-refractivity contribution in [3.8, 4) is 0 Å². The smallest absolute Gasteiger partial charge is 0.119 e. The standard InChI is InChI=1S/C13H19NS/c1-10-9-15-13(14-10)11(2)12-7-5-3-4-6-8-12/h9H,3-8H2,1-2H3. The van der Waals surface area contributed by atoms with Crippen molar-refractivity contribution in [2.75, 3.05) is 0 Å². The first-order valence-electron chi connectivity index (χ1n) is 5.88. The molecule has 0 spiro atoms. The van der Waals surface area contributed by atoms with Gasteiger partial charge in [-0.25, -0.2) is 4.98 Å². The molecule has 0 aliphatic heterocycles. The van der Waals surface area contributed by atoms with Crippen LogP contribution in [-0.2, 0) is 0 Å². The summed E-state index contributed by atoms with van der Waals surface area (Å²) < 4.78 is 0. The average Bonchev–Trinajstić information content (AvgIpc) is 2.53. The first-order chi connectivity index (χ1) is 7.27. The summed E-state index contributed by atoms with van der Waals surface area (Å²) in [6.07, 6.45) is 8.16. The van der Waals surface area contributed by atoms with E-state index in [4.69, 9.17) is 0 Å². The molecule has 1 aromatic heterocycles. The van der Waals surface area contributed by atoms with Crippen molar-refractivity contribution in [3.05, 3.63) is 21.7 Å². The Bertz CT molecular complexity index is 352. The lowest BCUT2D eigenvalue weighted by atomic mass is 10.0. The highest BCUT2D eigenvalue weighted by atomic mass is 32.1. The van der Waals surface area contributed by atoms with Gasteiger partial charge in [0.1, 0.15) is 5.01 Å². The van der Waals surface area contributed by atoms with Crippen LogP contribution in [0.5, 0.6) is 0 Å². The number of allylic oxidation sites excluding steroid dienone is 2. The summed E-state index contributed by atoms with van der Waals surface area (Å²) in [5.74, 6) is 0. The zero-order chi connectivity index (χ0) is 10.7. The minimum absolute atomic E-state index is 1.16. The highest BCUT2D eigenvalue weighted by Crippen LogP contribution is 2.30. The molecule has 1 heterocycles. The number of hydrogen-bond donors (Lipinski definition) is 0. The topological polar surface area (TPSA) is 12.9 Å². The molecular formula is C13H19NS. The fourth-order valence-electron chi connectivity index (χ4n) is 2.21. The van der Waals surface area contributed by atoms with E-state index in [1.807, 2.05) is 0 Å². The van der Waals surface area contributed by atoms with Crippen molar-refractivity contribution in [1.82, 2.24) is 4.98 Å². The minimum Gasteiger partial charge on any atom is -0.242 e. The SMILES string of the molecule is CC(=C1CCCCCC1)c1nc(C)cs1. The van der Waals surface area contributed by atoms with E-state index in [0.29, 0.717) is 0 Å². The number of hydrogen-bond acceptors (Lipinski definition) is 2. The fourth-order valence-corrected chi connectivity index (χ4v) is 3.06. The van der Waals surface area contributed by atoms with Crippen LogP contribution in [0, 0.1) is 6.92 Å². The van der Waals surface area contributed by atoms with Crippen molar-refractivity contribution < 1.29 is 0 Å². The summed E-state index contributed by atoms with van der Waals surface area (Å²) >= 11 is 1.79. The van der Waals surface area contributed by atoms with Crippen molar-refractivity contribution in [2.24, 2.45) is 0 Å². The van der Waals surface area contributed by atoms with Crippen LogP contribution in [0.15, 0.2) is 11.0 Å². The molecule has 1 aromatic rings. The van der Waals surface area contributed by atoms with Crippen LogP contribution in [0.2, 0.25) is 0 Å². The molecule has 0 radical (unpaired) electrons. The highest BCUT2D eigenvalue weighted by molar-refractivity contribution is 7.10. The summed E-state index contributed by atoms with van der Waals surface area (Å²) in [4.78, 5) is 4.58. The lowest BCUT2D eigenvalue weighted by Crippen LogP contribution is -1.88. The maximum atomic E-state index is 4.58. The molecule has 2 heteroatoms. The van der Waals surface area contributed by atoms with Crippen LogP contribution in [0.4, 0.5) is 0 Å². The zero-order valence-corrected chi connectivity index (χ0v) is 10.5. The molecule has 0 atom stereocenters. The number of nitrogens with zero attached hydrogens (tertiary/aromatic N) is 1. The Hall–Kier alpha value is -0.630. The van der Waals surface area contributed by atoms with E-state index in [1.54, 1.807) is 16.9 Å². The summed E-state index contributed by atoms with van der Waals surface area (Å²) in [6, 6.07) is 0. The predicted molar refractivity (Wildman–Crippen MR) is 67.1 cm³/mol. The fraction of sp³-hybridized carbons (Fsp3) is 0.615. The third-order valence-electron chi connectivity index (χ3n) is 3.18. The van der Waals surface area contributed by atoms with Crippen molar-refractivity contribution in [1.29, 1.82) is 0 Å². The molecular weight excluding hydrogens is 202 g/mol. The molecule has 2 rings (SSSR count). The zero-order valence-electron chi connectivity index (χ0n) is 9.68. The molecule has 0 saturated heterocycles. The summed E-state index contributed by atoms with van der Waals surface area (Å²) in [5, 5.41) is 3.39. The minimum atomic E-state index is 1.16. The third-order valence-corrected chi connectivity index (χ3v) is 4.26. The first kappa shape index (κ1) is 10.9. The Kier molecular flexibility index (Phi) is 3.57. The van der Waals surface area contributed by atoms with Crippen molar-refractivity contribution in [2.45, 2.75) is 52.4 Å². The Morgan fingerprint density at radius 2 is 1.87 bits per heavy atom. The second kappa shape index (κ2) is 4.93. The van der Waals surface area contributed by atoms with Crippen LogP contribution in [0.1, 0.15) is 56.2 Å². The van der Waals surface area contributed by atoms with Gasteiger partial charge in [-0.3, -0.25) is 0 Å². The number of aromatic nitrogens is 1. The molecule has 1 aliphatic carbocycles. The quantitative estimate of drug-likeness (QED) is 0.633. The second-order valence-electron chi connectivity index (χ2n) is 4.44. The summed E-state index contributed by atoms with van der Waals surface area (Å²) in [5.41, 5.74) is 4.26. The molecule has 15 heavy (non-hydrogen) atoms. The van der Waals surface area contributed by atoms with Crippen LogP contribution >= 0.6 is 11.3 Å². The van der Waals surface area contributed by atoms with E-state index < -0.39 is 0 Å². The molecule has 0 amide bonds. The maximum absolute atomic E-state index is 4.58. The monoisotopic (exact) mass is 221 g/mol. The van der Waals surface area contributed by atoms with E-state index in [-0.39, 0.29) is 0 Å². The van der Waals surface area contributed by atoms with Gasteiger partial charge in [0.05, 0.1) is 0 Å². The van der Waals surface area contributed by atoms with E-state index in [2.05, 4.69) is 24.2 Å². The number of thiazole rings is 1. The first-order valence-corrected chi connectivity index (χ1v) is 6.76. The van der Waals surface area contributed by atoms with Gasteiger partial charge in [-0.05, 0) is 45.1 Å². The Labute approximate surface area is 96.2 Å². The Morgan fingerprint density at radius 1 is 1.20 bits per heavy atom. The lowest BCUT2D eigenvalue weighted by molar-refractivity contribution is 0.702. The molecule has 0 unspecified atom stereocenters. The molecule has 0 bridgehead atoms. The van der Waals surface area contributed by atoms with Gasteiger partial charge in [0.15, 0.2) is 0 Å². The summed E-state index contributed by atoms with van der Waals surface area (Å²) in [7, 11) is 0. The number of aryl methyl sites for hydroxylation is 1. The van der Waals surface area contributed by atoms with Gasteiger partial charge in [0.2, 0.25) is 0 Å². The molecule has 0 aromatic carbocycles. The predicted octanol–water partition coefficient (Wildman–Crippen LogP) is 4.58. The third kappa shape index (κ3) is 2.69. The van der Waals surface area contributed by atoms with Crippen LogP contribution in [0.25, 0.3) is 5.57 Å². The van der Waals surface area contributed by atoms with Gasteiger partial charge in [-0.1, -0.05) is 18.4 Å². The van der Waals surface area contributed by atoms with Gasteiger partial charge in [0, 0.05) is 11.1 Å². The van der Waals surface area contributed by atoms with E-state index in [9.17, 15) is 0 Å². The van der Waals surface area contributed by atoms with Crippen LogP contribution in [0.3, 0.4) is 0 Å². The average molecular weight is 221 g/mol. The molecule has 1 saturated carbocycles. The van der Waals surface area contributed by atoms with E-state index >= 15 is 0 Å². The van der Waals surface area contributed by atoms with Gasteiger partial charge >= 0.3 is 0 Å². The van der Waals surface area contributed by atoms with Crippen molar-refractivity contribution in [3.63, 3.8) is 0 Å². The molecule has 1 nitrogen and oxygen atoms in total. The Balaban J connectivity index is 2.22. The Morgan fingerprint density at radius 3 is 2.40 bits per heavy atom. The highest BCUT2D eigenvalue weighted by Gasteiger charge is 2.10. The normalized spacial score (nSPS) is 17.6. The lowest BCUT2D eigenvalue weighted by Gasteiger charge is -2.06. The van der Waals surface area contributed by atoms with Gasteiger partial charge in [0.25, 0.3) is 0 Å². The molecule has 0 N–H and O–H groups in total. The van der Waals surface area contributed by atoms with Crippen molar-refractivity contribution >= 4 is 16.9 Å². The maximum Gasteiger partial charge on any atom is 0.119 e. The molecule has 1 aliphatic rings. The van der Waals surface area contributed by atoms with Gasteiger partial charge in [-0.15, -0.1) is 11.3 Å². The van der Waals surface area contributed by atoms with E-state index in [1.165, 1.54) is 49.1 Å². The number of rotatable bonds is 1. The van der Waals surface area contributed by atoms with Crippen LogP contribution in [-0.4, -0.2) is 4.98 Å². The molecule has 82 valence electrons. The van der Waals surface area contributed by atoms with Gasteiger partial charge in [-0.2, -0.15) is 0 Å². The molecule has 1 fully saturated rings. The second-order valence-corrected chi connectivity index (χ2v) is 5.29. The van der Waals surface area contributed by atoms with Gasteiger partial charge < -0.3 is 0 Å². The largest absolute Gasteiger partial charge is 0.242 e. The van der Waals surface area contributed by atoms with Crippen LogP contribution < -0.4 is 0 Å². The van der Waals surface area contributed by atoms with E-state index in [0.717, 1.165) is 5.69 Å².